The van der Waals surface area contributed by atoms with Gasteiger partial charge in [0.05, 0.1) is 0 Å². The van der Waals surface area contributed by atoms with E-state index in [1.165, 1.54) is 4.74 Å². The molecule has 0 rings (SSSR count). The molecule has 0 amide bonds. The maximum absolute atomic E-state index is 13.0. The Bertz CT molecular complexity index is 542. The first-order chi connectivity index (χ1) is 11.2. The molecule has 0 radical (unpaired) electrons. The third-order valence-electron chi connectivity index (χ3n) is 2.38. The minimum atomic E-state index is -7.31. The van der Waals surface area contributed by atoms with Crippen molar-refractivity contribution in [3.8, 4) is 0 Å². The Morgan fingerprint density at radius 1 is 0.769 bits per heavy atom. The molecule has 3 nitrogen and oxygen atoms in total. The second kappa shape index (κ2) is 6.77. The van der Waals surface area contributed by atoms with Gasteiger partial charge in [0.25, 0.3) is 0 Å². The van der Waals surface area contributed by atoms with E-state index >= 15 is 0 Å². The van der Waals surface area contributed by atoms with Gasteiger partial charge in [-0.3, -0.25) is 0 Å². The zero-order chi connectivity index (χ0) is 21.4. The van der Waals surface area contributed by atoms with Crippen LogP contribution in [0, 0.1) is 0 Å². The van der Waals surface area contributed by atoms with E-state index in [9.17, 15) is 61.9 Å². The van der Waals surface area contributed by atoms with Crippen molar-refractivity contribution in [2.75, 3.05) is 6.67 Å². The monoisotopic (exact) mass is 420 g/mol. The molecule has 0 saturated carbocycles. The van der Waals surface area contributed by atoms with E-state index in [4.69, 9.17) is 0 Å². The normalized spacial score (nSPS) is 15.0. The van der Waals surface area contributed by atoms with Crippen molar-refractivity contribution in [2.45, 2.75) is 36.1 Å². The van der Waals surface area contributed by atoms with Crippen LogP contribution in [0.25, 0.3) is 0 Å². The van der Waals surface area contributed by atoms with Gasteiger partial charge in [0.2, 0.25) is 0 Å². The minimum absolute atomic E-state index is 0.256. The SMILES string of the molecule is C=CC(=O)OC(F)(F)C(F)(F)C(F)(F)OC(F)(F)C(F)(F)C(F)(F)CF. The summed E-state index contributed by atoms with van der Waals surface area (Å²) in [5.41, 5.74) is 0. The second-order valence-electron chi connectivity index (χ2n) is 4.26. The summed E-state index contributed by atoms with van der Waals surface area (Å²) in [6.07, 6.45) is -21.5. The number of carbonyl (C=O) groups excluding carboxylic acids is 1. The van der Waals surface area contributed by atoms with Gasteiger partial charge in [-0.1, -0.05) is 6.58 Å². The van der Waals surface area contributed by atoms with E-state index in [1.807, 2.05) is 0 Å². The fourth-order valence-electron chi connectivity index (χ4n) is 0.987. The lowest BCUT2D eigenvalue weighted by molar-refractivity contribution is -0.513. The number of carbonyl (C=O) groups is 1. The van der Waals surface area contributed by atoms with E-state index in [-0.39, 0.29) is 6.08 Å². The summed E-state index contributed by atoms with van der Waals surface area (Å²) in [7, 11) is 0. The standard InChI is InChI=1S/C10H5F13O3/c1-2-4(24)25-8(18,19)7(16,17)10(22,23)26-9(20,21)6(14,15)5(12,13)3-11/h2H,1,3H2. The molecule has 0 bridgehead atoms. The van der Waals surface area contributed by atoms with Gasteiger partial charge in [0, 0.05) is 6.08 Å². The molecule has 0 atom stereocenters. The van der Waals surface area contributed by atoms with Crippen molar-refractivity contribution >= 4 is 5.97 Å². The summed E-state index contributed by atoms with van der Waals surface area (Å²) in [5.74, 6) is -23.3. The van der Waals surface area contributed by atoms with E-state index in [0.717, 1.165) is 0 Å². The first kappa shape index (κ1) is 24.3. The fraction of sp³-hybridized carbons (Fsp3) is 0.700. The van der Waals surface area contributed by atoms with Crippen LogP contribution in [0.2, 0.25) is 0 Å². The molecule has 0 aliphatic rings. The lowest BCUT2D eigenvalue weighted by Gasteiger charge is -2.36. The van der Waals surface area contributed by atoms with Crippen LogP contribution in [0.3, 0.4) is 0 Å². The quantitative estimate of drug-likeness (QED) is 0.316. The summed E-state index contributed by atoms with van der Waals surface area (Å²) in [6, 6.07) is 0. The van der Waals surface area contributed by atoms with Crippen molar-refractivity contribution in [3.05, 3.63) is 12.7 Å². The summed E-state index contributed by atoms with van der Waals surface area (Å²) in [4.78, 5) is 10.4. The summed E-state index contributed by atoms with van der Waals surface area (Å²) >= 11 is 0. The Kier molecular flexibility index (Phi) is 6.32. The van der Waals surface area contributed by atoms with Gasteiger partial charge in [0.15, 0.2) is 6.67 Å². The van der Waals surface area contributed by atoms with Crippen LogP contribution in [0.15, 0.2) is 12.7 Å². The predicted octanol–water partition coefficient (Wildman–Crippen LogP) is 4.39. The zero-order valence-electron chi connectivity index (χ0n) is 11.6. The lowest BCUT2D eigenvalue weighted by Crippen LogP contribution is -2.63. The summed E-state index contributed by atoms with van der Waals surface area (Å²) in [6.45, 7) is -1.17. The number of halogens is 13. The molecule has 0 aromatic heterocycles. The highest BCUT2D eigenvalue weighted by Gasteiger charge is 2.82. The van der Waals surface area contributed by atoms with Crippen molar-refractivity contribution in [1.82, 2.24) is 0 Å². The molecule has 26 heavy (non-hydrogen) atoms. The van der Waals surface area contributed by atoms with Gasteiger partial charge >= 0.3 is 42.1 Å². The van der Waals surface area contributed by atoms with Crippen LogP contribution in [0.1, 0.15) is 0 Å². The van der Waals surface area contributed by atoms with Gasteiger partial charge in [-0.25, -0.2) is 13.9 Å². The molecule has 0 aromatic rings. The van der Waals surface area contributed by atoms with Gasteiger partial charge < -0.3 is 4.74 Å². The molecule has 0 spiro atoms. The largest absolute Gasteiger partial charge is 0.476 e. The van der Waals surface area contributed by atoms with Crippen molar-refractivity contribution in [1.29, 1.82) is 0 Å². The molecule has 0 fully saturated rings. The Hall–Kier alpha value is -1.74. The number of ether oxygens (including phenoxy) is 2. The minimum Gasteiger partial charge on any atom is -0.393 e. The number of esters is 1. The van der Waals surface area contributed by atoms with Crippen LogP contribution in [0.5, 0.6) is 0 Å². The van der Waals surface area contributed by atoms with E-state index in [2.05, 4.69) is 11.3 Å². The highest BCUT2D eigenvalue weighted by Crippen LogP contribution is 2.53. The summed E-state index contributed by atoms with van der Waals surface area (Å²) in [5, 5.41) is 0. The Morgan fingerprint density at radius 3 is 1.50 bits per heavy atom. The van der Waals surface area contributed by atoms with Gasteiger partial charge in [-0.15, -0.1) is 0 Å². The number of rotatable bonds is 9. The van der Waals surface area contributed by atoms with Gasteiger partial charge in [-0.05, 0) is 0 Å². The molecule has 0 N–H and O–H groups in total. The maximum Gasteiger partial charge on any atom is 0.476 e. The van der Waals surface area contributed by atoms with E-state index < -0.39 is 48.7 Å². The average Bonchev–Trinajstić information content (AvgIpc) is 2.44. The summed E-state index contributed by atoms with van der Waals surface area (Å²) < 4.78 is 169. The first-order valence-corrected chi connectivity index (χ1v) is 5.61. The second-order valence-corrected chi connectivity index (χ2v) is 4.26. The molecular formula is C10H5F13O3. The molecule has 0 aliphatic carbocycles. The zero-order valence-corrected chi connectivity index (χ0v) is 11.6. The van der Waals surface area contributed by atoms with Crippen LogP contribution in [-0.2, 0) is 14.3 Å². The first-order valence-electron chi connectivity index (χ1n) is 5.61. The number of alkyl halides is 13. The fourth-order valence-corrected chi connectivity index (χ4v) is 0.987. The van der Waals surface area contributed by atoms with Crippen LogP contribution >= 0.6 is 0 Å². The molecule has 16 heteroatoms. The van der Waals surface area contributed by atoms with E-state index in [1.54, 1.807) is 0 Å². The number of hydrogen-bond donors (Lipinski definition) is 0. The Morgan fingerprint density at radius 2 is 1.15 bits per heavy atom. The van der Waals surface area contributed by atoms with Crippen LogP contribution in [-0.4, -0.2) is 48.7 Å². The highest BCUT2D eigenvalue weighted by molar-refractivity contribution is 5.81. The molecule has 0 unspecified atom stereocenters. The maximum atomic E-state index is 13.0. The van der Waals surface area contributed by atoms with Crippen molar-refractivity contribution in [2.24, 2.45) is 0 Å². The topological polar surface area (TPSA) is 35.5 Å². The number of hydrogen-bond acceptors (Lipinski definition) is 3. The van der Waals surface area contributed by atoms with Gasteiger partial charge in [0.1, 0.15) is 0 Å². The van der Waals surface area contributed by atoms with Crippen LogP contribution < -0.4 is 0 Å². The molecule has 0 aliphatic heterocycles. The van der Waals surface area contributed by atoms with Crippen molar-refractivity contribution < 1.29 is 71.3 Å². The Balaban J connectivity index is 5.89. The van der Waals surface area contributed by atoms with Gasteiger partial charge in [-0.2, -0.15) is 52.7 Å². The Labute approximate surface area is 134 Å². The predicted molar refractivity (Wildman–Crippen MR) is 53.0 cm³/mol. The molecule has 0 heterocycles. The molecule has 0 saturated heterocycles. The third kappa shape index (κ3) is 3.98. The van der Waals surface area contributed by atoms with Crippen LogP contribution in [0.4, 0.5) is 57.1 Å². The molecular weight excluding hydrogens is 415 g/mol. The van der Waals surface area contributed by atoms with Crippen molar-refractivity contribution in [3.63, 3.8) is 0 Å². The molecule has 154 valence electrons. The third-order valence-corrected chi connectivity index (χ3v) is 2.38. The van der Waals surface area contributed by atoms with E-state index in [0.29, 0.717) is 0 Å². The smallest absolute Gasteiger partial charge is 0.393 e. The molecule has 0 aromatic carbocycles. The average molecular weight is 420 g/mol. The highest BCUT2D eigenvalue weighted by atomic mass is 19.4. The lowest BCUT2D eigenvalue weighted by atomic mass is 10.1.